The largest absolute Gasteiger partial charge is 0.465 e. The number of nitrogens with one attached hydrogen (secondary N) is 1. The number of methoxy groups -OCH3 is 1. The molecular weight excluding hydrogens is 440 g/mol. The van der Waals surface area contributed by atoms with Crippen molar-refractivity contribution >= 4 is 45.0 Å². The molecule has 2 aromatic heterocycles. The van der Waals surface area contributed by atoms with E-state index in [1.54, 1.807) is 0 Å². The first-order chi connectivity index (χ1) is 15.9. The fourth-order valence-corrected chi connectivity index (χ4v) is 5.53. The van der Waals surface area contributed by atoms with Crippen LogP contribution in [0.3, 0.4) is 0 Å². The molecule has 1 aliphatic carbocycles. The Bertz CT molecular complexity index is 1040. The lowest BCUT2D eigenvalue weighted by atomic mass is 9.96. The Morgan fingerprint density at radius 2 is 1.94 bits per heavy atom. The van der Waals surface area contributed by atoms with Gasteiger partial charge in [0.15, 0.2) is 0 Å². The third-order valence-corrected chi connectivity index (χ3v) is 7.58. The molecule has 4 rings (SSSR count). The summed E-state index contributed by atoms with van der Waals surface area (Å²) >= 11 is 1.24. The molecule has 2 aromatic rings. The highest BCUT2D eigenvalue weighted by molar-refractivity contribution is 7.21. The number of nitrogens with zero attached hydrogens (tertiary/aromatic N) is 3. The summed E-state index contributed by atoms with van der Waals surface area (Å²) in [6, 6.07) is 3.87. The van der Waals surface area contributed by atoms with Gasteiger partial charge in [0.05, 0.1) is 24.4 Å². The Hall–Kier alpha value is -2.52. The summed E-state index contributed by atoms with van der Waals surface area (Å²) in [7, 11) is 1.34. The van der Waals surface area contributed by atoms with Gasteiger partial charge in [-0.15, -0.1) is 11.3 Å². The number of pyridine rings is 1. The lowest BCUT2D eigenvalue weighted by molar-refractivity contribution is -0.137. The van der Waals surface area contributed by atoms with E-state index in [-0.39, 0.29) is 23.7 Å². The Balaban J connectivity index is 1.52. The molecule has 0 bridgehead atoms. The van der Waals surface area contributed by atoms with Crippen molar-refractivity contribution in [1.82, 2.24) is 14.8 Å². The van der Waals surface area contributed by atoms with Crippen molar-refractivity contribution in [3.05, 3.63) is 22.7 Å². The van der Waals surface area contributed by atoms with E-state index in [1.807, 2.05) is 30.9 Å². The minimum absolute atomic E-state index is 0.0271. The van der Waals surface area contributed by atoms with Crippen LogP contribution in [0.25, 0.3) is 10.2 Å². The SMILES string of the molecule is CCN(CC)C(=O)C1CCCN(Cc2ccc3c(NC(=O)C4CC4)c(C(=O)OC)sc3n2)C1. The maximum atomic E-state index is 12.8. The van der Waals surface area contributed by atoms with Gasteiger partial charge in [0.2, 0.25) is 11.8 Å². The molecule has 1 unspecified atom stereocenters. The number of likely N-dealkylation sites (tertiary alicyclic amines) is 1. The number of piperidine rings is 1. The topological polar surface area (TPSA) is 91.8 Å². The van der Waals surface area contributed by atoms with Crippen LogP contribution < -0.4 is 5.32 Å². The molecule has 9 heteroatoms. The molecule has 1 aliphatic heterocycles. The number of amides is 2. The number of aromatic nitrogens is 1. The Labute approximate surface area is 198 Å². The molecule has 33 heavy (non-hydrogen) atoms. The number of ether oxygens (including phenoxy) is 1. The quantitative estimate of drug-likeness (QED) is 0.591. The van der Waals surface area contributed by atoms with Crippen LogP contribution in [-0.4, -0.2) is 65.9 Å². The van der Waals surface area contributed by atoms with Crippen LogP contribution in [-0.2, 0) is 20.9 Å². The van der Waals surface area contributed by atoms with Gasteiger partial charge in [-0.3, -0.25) is 14.5 Å². The van der Waals surface area contributed by atoms with Crippen molar-refractivity contribution < 1.29 is 19.1 Å². The number of hydrogen-bond donors (Lipinski definition) is 1. The molecule has 2 aliphatic rings. The van der Waals surface area contributed by atoms with E-state index in [9.17, 15) is 14.4 Å². The second-order valence-corrected chi connectivity index (χ2v) is 9.80. The first-order valence-electron chi connectivity index (χ1n) is 11.8. The molecule has 1 atom stereocenters. The molecule has 3 heterocycles. The number of carbonyl (C=O) groups is 3. The molecule has 1 saturated heterocycles. The second-order valence-electron chi connectivity index (χ2n) is 8.80. The first-order valence-corrected chi connectivity index (χ1v) is 12.6. The molecule has 0 radical (unpaired) electrons. The van der Waals surface area contributed by atoms with E-state index >= 15 is 0 Å². The van der Waals surface area contributed by atoms with Crippen molar-refractivity contribution in [2.24, 2.45) is 11.8 Å². The van der Waals surface area contributed by atoms with E-state index < -0.39 is 5.97 Å². The van der Waals surface area contributed by atoms with Gasteiger partial charge in [0.1, 0.15) is 9.71 Å². The van der Waals surface area contributed by atoms with E-state index in [0.29, 0.717) is 21.9 Å². The van der Waals surface area contributed by atoms with Crippen LogP contribution in [0.5, 0.6) is 0 Å². The van der Waals surface area contributed by atoms with Crippen LogP contribution in [0.1, 0.15) is 54.9 Å². The molecular formula is C24H32N4O4S. The average Bonchev–Trinajstić information content (AvgIpc) is 3.62. The molecule has 0 spiro atoms. The molecule has 1 N–H and O–H groups in total. The van der Waals surface area contributed by atoms with Gasteiger partial charge in [-0.1, -0.05) is 0 Å². The summed E-state index contributed by atoms with van der Waals surface area (Å²) < 4.78 is 4.94. The van der Waals surface area contributed by atoms with E-state index in [2.05, 4.69) is 10.2 Å². The van der Waals surface area contributed by atoms with E-state index in [1.165, 1.54) is 18.4 Å². The Morgan fingerprint density at radius 3 is 2.61 bits per heavy atom. The fourth-order valence-electron chi connectivity index (χ4n) is 4.46. The molecule has 2 amide bonds. The maximum Gasteiger partial charge on any atom is 0.350 e. The number of thiophene rings is 1. The number of anilines is 1. The molecule has 2 fully saturated rings. The zero-order chi connectivity index (χ0) is 23.5. The average molecular weight is 473 g/mol. The van der Waals surface area contributed by atoms with Gasteiger partial charge >= 0.3 is 5.97 Å². The van der Waals surface area contributed by atoms with Gasteiger partial charge in [-0.2, -0.15) is 0 Å². The van der Waals surface area contributed by atoms with Crippen molar-refractivity contribution in [3.63, 3.8) is 0 Å². The summed E-state index contributed by atoms with van der Waals surface area (Å²) in [6.45, 7) is 7.83. The zero-order valence-electron chi connectivity index (χ0n) is 19.6. The zero-order valence-corrected chi connectivity index (χ0v) is 20.4. The number of esters is 1. The van der Waals surface area contributed by atoms with Crippen molar-refractivity contribution in [2.75, 3.05) is 38.6 Å². The number of fused-ring (bicyclic) bond motifs is 1. The van der Waals surface area contributed by atoms with Gasteiger partial charge in [0, 0.05) is 37.5 Å². The smallest absolute Gasteiger partial charge is 0.350 e. The fraction of sp³-hybridized carbons (Fsp3) is 0.583. The number of rotatable bonds is 8. The van der Waals surface area contributed by atoms with Crippen LogP contribution in [0.2, 0.25) is 0 Å². The van der Waals surface area contributed by atoms with E-state index in [0.717, 1.165) is 62.9 Å². The third-order valence-electron chi connectivity index (χ3n) is 6.50. The highest BCUT2D eigenvalue weighted by Crippen LogP contribution is 2.38. The highest BCUT2D eigenvalue weighted by Gasteiger charge is 2.32. The highest BCUT2D eigenvalue weighted by atomic mass is 32.1. The summed E-state index contributed by atoms with van der Waals surface area (Å²) in [5.41, 5.74) is 1.39. The second kappa shape index (κ2) is 10.2. The predicted molar refractivity (Wildman–Crippen MR) is 128 cm³/mol. The normalized spacial score (nSPS) is 18.8. The molecule has 178 valence electrons. The van der Waals surface area contributed by atoms with Crippen LogP contribution in [0.4, 0.5) is 5.69 Å². The van der Waals surface area contributed by atoms with Gasteiger partial charge < -0.3 is 15.0 Å². The van der Waals surface area contributed by atoms with Crippen LogP contribution in [0.15, 0.2) is 12.1 Å². The molecule has 0 aromatic carbocycles. The van der Waals surface area contributed by atoms with Crippen LogP contribution >= 0.6 is 11.3 Å². The third kappa shape index (κ3) is 5.19. The van der Waals surface area contributed by atoms with E-state index in [4.69, 9.17) is 9.72 Å². The monoisotopic (exact) mass is 472 g/mol. The number of carbonyl (C=O) groups excluding carboxylic acids is 3. The molecule has 1 saturated carbocycles. The summed E-state index contributed by atoms with van der Waals surface area (Å²) in [4.78, 5) is 47.6. The van der Waals surface area contributed by atoms with Crippen LogP contribution in [0, 0.1) is 11.8 Å². The standard InChI is InChI=1S/C24H32N4O4S/c1-4-28(5-2)23(30)16-7-6-12-27(13-16)14-17-10-11-18-19(26-21(29)15-8-9-15)20(24(31)32-3)33-22(18)25-17/h10-11,15-16H,4-9,12-14H2,1-3H3,(H,26,29). The molecule has 8 nitrogen and oxygen atoms in total. The summed E-state index contributed by atoms with van der Waals surface area (Å²) in [5, 5.41) is 3.69. The van der Waals surface area contributed by atoms with Crippen molar-refractivity contribution in [3.8, 4) is 0 Å². The van der Waals surface area contributed by atoms with Crippen molar-refractivity contribution in [2.45, 2.75) is 46.1 Å². The van der Waals surface area contributed by atoms with Gasteiger partial charge in [0.25, 0.3) is 0 Å². The summed E-state index contributed by atoms with van der Waals surface area (Å²) in [5.74, 6) is -0.228. The first kappa shape index (κ1) is 23.6. The van der Waals surface area contributed by atoms with Crippen molar-refractivity contribution in [1.29, 1.82) is 0 Å². The van der Waals surface area contributed by atoms with Gasteiger partial charge in [-0.25, -0.2) is 9.78 Å². The van der Waals surface area contributed by atoms with Gasteiger partial charge in [-0.05, 0) is 58.2 Å². The lowest BCUT2D eigenvalue weighted by Gasteiger charge is -2.34. The Morgan fingerprint density at radius 1 is 1.18 bits per heavy atom. The minimum Gasteiger partial charge on any atom is -0.465 e. The summed E-state index contributed by atoms with van der Waals surface area (Å²) in [6.07, 6.45) is 3.69. The predicted octanol–water partition coefficient (Wildman–Crippen LogP) is 3.51. The minimum atomic E-state index is -0.473. The lowest BCUT2D eigenvalue weighted by Crippen LogP contribution is -2.44. The maximum absolute atomic E-state index is 12.8. The number of hydrogen-bond acceptors (Lipinski definition) is 7. The Kier molecular flexibility index (Phi) is 7.29.